The number of aliphatic hydroxyl groups excluding tert-OH is 1. The number of hydrogen-bond acceptors (Lipinski definition) is 3. The zero-order chi connectivity index (χ0) is 15.6. The molecule has 2 aliphatic rings. The van der Waals surface area contributed by atoms with Gasteiger partial charge in [-0.2, -0.15) is 13.2 Å². The third-order valence-electron chi connectivity index (χ3n) is 4.08. The fourth-order valence-corrected chi connectivity index (χ4v) is 2.92. The molecule has 0 saturated carbocycles. The second kappa shape index (κ2) is 6.21. The number of halogens is 3. The fourth-order valence-electron chi connectivity index (χ4n) is 2.92. The molecule has 0 aromatic rings. The van der Waals surface area contributed by atoms with Crippen molar-refractivity contribution >= 4 is 11.8 Å². The normalized spacial score (nSPS) is 25.0. The van der Waals surface area contributed by atoms with Crippen LogP contribution in [-0.2, 0) is 9.59 Å². The minimum Gasteiger partial charge on any atom is -0.391 e. The number of β-amino-alcohol motifs (C(OH)–C–C–N with tert-alkyl or cyclic N) is 1. The van der Waals surface area contributed by atoms with Crippen LogP contribution in [-0.4, -0.2) is 65.2 Å². The molecule has 2 fully saturated rings. The number of likely N-dealkylation sites (tertiary alicyclic amines) is 2. The van der Waals surface area contributed by atoms with Gasteiger partial charge in [0, 0.05) is 32.1 Å². The number of hydrogen-bond donors (Lipinski definition) is 1. The largest absolute Gasteiger partial charge is 0.471 e. The molecule has 0 radical (unpaired) electrons. The molecule has 1 unspecified atom stereocenters. The quantitative estimate of drug-likeness (QED) is 0.778. The van der Waals surface area contributed by atoms with Gasteiger partial charge in [-0.25, -0.2) is 0 Å². The summed E-state index contributed by atoms with van der Waals surface area (Å²) in [6, 6.07) is 0. The Morgan fingerprint density at radius 2 is 1.62 bits per heavy atom. The summed E-state index contributed by atoms with van der Waals surface area (Å²) in [6.45, 7) is 0.772. The van der Waals surface area contributed by atoms with E-state index in [1.165, 1.54) is 0 Å². The van der Waals surface area contributed by atoms with Crippen LogP contribution >= 0.6 is 0 Å². The Bertz CT molecular complexity index is 406. The second-order valence-corrected chi connectivity index (χ2v) is 5.64. The monoisotopic (exact) mass is 308 g/mol. The van der Waals surface area contributed by atoms with E-state index in [9.17, 15) is 27.9 Å². The molecular weight excluding hydrogens is 289 g/mol. The van der Waals surface area contributed by atoms with E-state index in [0.29, 0.717) is 19.5 Å². The van der Waals surface area contributed by atoms with Gasteiger partial charge in [0.15, 0.2) is 0 Å². The molecule has 1 atom stereocenters. The van der Waals surface area contributed by atoms with Gasteiger partial charge in [0.1, 0.15) is 0 Å². The topological polar surface area (TPSA) is 60.9 Å². The molecule has 0 aromatic carbocycles. The number of amides is 2. The van der Waals surface area contributed by atoms with Crippen molar-refractivity contribution < 1.29 is 27.9 Å². The summed E-state index contributed by atoms with van der Waals surface area (Å²) in [5.74, 6) is -2.30. The highest BCUT2D eigenvalue weighted by atomic mass is 19.4. The van der Waals surface area contributed by atoms with E-state index in [2.05, 4.69) is 0 Å². The molecule has 2 rings (SSSR count). The van der Waals surface area contributed by atoms with E-state index in [1.54, 1.807) is 4.90 Å². The number of nitrogens with zero attached hydrogens (tertiary/aromatic N) is 2. The van der Waals surface area contributed by atoms with Crippen molar-refractivity contribution in [2.75, 3.05) is 26.2 Å². The van der Waals surface area contributed by atoms with Gasteiger partial charge >= 0.3 is 12.1 Å². The summed E-state index contributed by atoms with van der Waals surface area (Å²) in [6.07, 6.45) is -3.48. The van der Waals surface area contributed by atoms with Gasteiger partial charge in [-0.05, 0) is 25.7 Å². The zero-order valence-corrected chi connectivity index (χ0v) is 11.6. The minimum absolute atomic E-state index is 0.0505. The molecule has 8 heteroatoms. The third kappa shape index (κ3) is 3.87. The van der Waals surface area contributed by atoms with Crippen LogP contribution in [0.5, 0.6) is 0 Å². The Morgan fingerprint density at radius 1 is 1.00 bits per heavy atom. The molecule has 0 spiro atoms. The van der Waals surface area contributed by atoms with Gasteiger partial charge < -0.3 is 14.9 Å². The molecule has 2 heterocycles. The van der Waals surface area contributed by atoms with Gasteiger partial charge in [0.05, 0.1) is 6.10 Å². The number of alkyl halides is 3. The van der Waals surface area contributed by atoms with E-state index < -0.39 is 18.2 Å². The van der Waals surface area contributed by atoms with Crippen LogP contribution < -0.4 is 0 Å². The first-order valence-electron chi connectivity index (χ1n) is 7.12. The molecule has 5 nitrogen and oxygen atoms in total. The summed E-state index contributed by atoms with van der Waals surface area (Å²) >= 11 is 0. The van der Waals surface area contributed by atoms with Gasteiger partial charge in [-0.15, -0.1) is 0 Å². The van der Waals surface area contributed by atoms with E-state index >= 15 is 0 Å². The predicted octanol–water partition coefficient (Wildman–Crippen LogP) is 0.771. The molecule has 2 saturated heterocycles. The van der Waals surface area contributed by atoms with Crippen molar-refractivity contribution in [3.63, 3.8) is 0 Å². The first-order chi connectivity index (χ1) is 9.79. The van der Waals surface area contributed by atoms with Gasteiger partial charge in [0.25, 0.3) is 0 Å². The van der Waals surface area contributed by atoms with Crippen molar-refractivity contribution in [3.8, 4) is 0 Å². The molecule has 2 aliphatic heterocycles. The number of piperidine rings is 2. The van der Waals surface area contributed by atoms with E-state index in [-0.39, 0.29) is 37.8 Å². The summed E-state index contributed by atoms with van der Waals surface area (Å²) in [5, 5.41) is 9.56. The first kappa shape index (κ1) is 16.1. The van der Waals surface area contributed by atoms with Crippen LogP contribution in [0.1, 0.15) is 25.7 Å². The van der Waals surface area contributed by atoms with Gasteiger partial charge in [-0.3, -0.25) is 9.59 Å². The summed E-state index contributed by atoms with van der Waals surface area (Å²) in [5.41, 5.74) is 0. The standard InChI is InChI=1S/C13H19F3N2O3/c14-13(15,16)12(21)17-6-3-9(4-7-17)11(20)18-5-1-2-10(19)8-18/h9-10,19H,1-8H2. The minimum atomic E-state index is -4.85. The fraction of sp³-hybridized carbons (Fsp3) is 0.846. The van der Waals surface area contributed by atoms with Gasteiger partial charge in [-0.1, -0.05) is 0 Å². The highest BCUT2D eigenvalue weighted by Gasteiger charge is 2.44. The molecular formula is C13H19F3N2O3. The molecule has 21 heavy (non-hydrogen) atoms. The number of aliphatic hydroxyl groups is 1. The van der Waals surface area contributed by atoms with Crippen LogP contribution in [0.2, 0.25) is 0 Å². The van der Waals surface area contributed by atoms with Gasteiger partial charge in [0.2, 0.25) is 5.91 Å². The maximum atomic E-state index is 12.3. The van der Waals surface area contributed by atoms with E-state index in [4.69, 9.17) is 0 Å². The Balaban J connectivity index is 1.86. The van der Waals surface area contributed by atoms with Crippen LogP contribution in [0.4, 0.5) is 13.2 Å². The Labute approximate surface area is 120 Å². The van der Waals surface area contributed by atoms with Crippen molar-refractivity contribution in [3.05, 3.63) is 0 Å². The SMILES string of the molecule is O=C(C1CCN(C(=O)C(F)(F)F)CC1)N1CCCC(O)C1. The highest BCUT2D eigenvalue weighted by Crippen LogP contribution is 2.25. The smallest absolute Gasteiger partial charge is 0.391 e. The lowest BCUT2D eigenvalue weighted by molar-refractivity contribution is -0.187. The lowest BCUT2D eigenvalue weighted by Gasteiger charge is -2.36. The lowest BCUT2D eigenvalue weighted by Crippen LogP contribution is -2.50. The highest BCUT2D eigenvalue weighted by molar-refractivity contribution is 5.83. The zero-order valence-electron chi connectivity index (χ0n) is 11.6. The molecule has 1 N–H and O–H groups in total. The average Bonchev–Trinajstić information content (AvgIpc) is 2.45. The maximum absolute atomic E-state index is 12.3. The number of carbonyl (C=O) groups excluding carboxylic acids is 2. The van der Waals surface area contributed by atoms with Crippen molar-refractivity contribution in [1.82, 2.24) is 9.80 Å². The average molecular weight is 308 g/mol. The summed E-state index contributed by atoms with van der Waals surface area (Å²) in [7, 11) is 0. The third-order valence-corrected chi connectivity index (χ3v) is 4.08. The van der Waals surface area contributed by atoms with Crippen molar-refractivity contribution in [2.45, 2.75) is 38.0 Å². The summed E-state index contributed by atoms with van der Waals surface area (Å²) in [4.78, 5) is 25.7. The Kier molecular flexibility index (Phi) is 4.75. The molecule has 0 aromatic heterocycles. The molecule has 120 valence electrons. The maximum Gasteiger partial charge on any atom is 0.471 e. The van der Waals surface area contributed by atoms with Crippen LogP contribution in [0.15, 0.2) is 0 Å². The summed E-state index contributed by atoms with van der Waals surface area (Å²) < 4.78 is 37.0. The predicted molar refractivity (Wildman–Crippen MR) is 67.2 cm³/mol. The van der Waals surface area contributed by atoms with Crippen LogP contribution in [0.25, 0.3) is 0 Å². The van der Waals surface area contributed by atoms with Crippen molar-refractivity contribution in [2.24, 2.45) is 5.92 Å². The van der Waals surface area contributed by atoms with Crippen LogP contribution in [0.3, 0.4) is 0 Å². The van der Waals surface area contributed by atoms with E-state index in [1.807, 2.05) is 0 Å². The lowest BCUT2D eigenvalue weighted by atomic mass is 9.94. The first-order valence-corrected chi connectivity index (χ1v) is 7.12. The molecule has 2 amide bonds. The molecule has 0 aliphatic carbocycles. The van der Waals surface area contributed by atoms with E-state index in [0.717, 1.165) is 11.3 Å². The second-order valence-electron chi connectivity index (χ2n) is 5.64. The molecule has 0 bridgehead atoms. The van der Waals surface area contributed by atoms with Crippen molar-refractivity contribution in [1.29, 1.82) is 0 Å². The Morgan fingerprint density at radius 3 is 2.14 bits per heavy atom. The van der Waals surface area contributed by atoms with Crippen LogP contribution in [0, 0.1) is 5.92 Å². The number of rotatable bonds is 1. The Hall–Kier alpha value is -1.31. The number of carbonyl (C=O) groups is 2.